The SMILES string of the molecule is COc1ncc(NS(=O)(=O)c2sccc2-c2ccc(Cn3nc(-c4ccc(C)s4)c4c(C)nc(C)cc43)cc2)c(OC)n1. The van der Waals surface area contributed by atoms with Crippen molar-refractivity contribution in [2.45, 2.75) is 31.5 Å². The van der Waals surface area contributed by atoms with Gasteiger partial charge in [0.15, 0.2) is 0 Å². The number of sulfonamides is 1. The van der Waals surface area contributed by atoms with Gasteiger partial charge in [0.2, 0.25) is 5.88 Å². The van der Waals surface area contributed by atoms with Gasteiger partial charge in [-0.15, -0.1) is 22.7 Å². The van der Waals surface area contributed by atoms with Crippen LogP contribution in [-0.2, 0) is 16.6 Å². The lowest BCUT2D eigenvalue weighted by molar-refractivity contribution is 0.353. The fraction of sp³-hybridized carbons (Fsp3) is 0.200. The van der Waals surface area contributed by atoms with Gasteiger partial charge in [-0.1, -0.05) is 24.3 Å². The Kier molecular flexibility index (Phi) is 7.63. The first-order chi connectivity index (χ1) is 20.7. The number of nitrogens with one attached hydrogen (secondary N) is 1. The minimum atomic E-state index is -3.97. The number of aryl methyl sites for hydroxylation is 3. The van der Waals surface area contributed by atoms with Crippen LogP contribution >= 0.6 is 22.7 Å². The average molecular weight is 633 g/mol. The third-order valence-corrected chi connectivity index (χ3v) is 10.7. The molecule has 0 bridgehead atoms. The molecule has 1 aromatic carbocycles. The lowest BCUT2D eigenvalue weighted by Crippen LogP contribution is -2.14. The molecule has 0 spiro atoms. The number of fused-ring (bicyclic) bond motifs is 1. The quantitative estimate of drug-likeness (QED) is 0.193. The van der Waals surface area contributed by atoms with Gasteiger partial charge in [-0.05, 0) is 61.5 Å². The zero-order valence-corrected chi connectivity index (χ0v) is 26.5. The van der Waals surface area contributed by atoms with Crippen molar-refractivity contribution in [3.63, 3.8) is 0 Å². The summed E-state index contributed by atoms with van der Waals surface area (Å²) in [5.41, 5.74) is 6.38. The Bertz CT molecular complexity index is 2060. The fourth-order valence-corrected chi connectivity index (χ4v) is 8.23. The standard InChI is InChI=1S/C30H28N6O4S3/c1-17-14-24-26(19(3)32-17)27(25-11-6-18(2)42-25)34-36(24)16-20-7-9-21(10-8-20)22-12-13-41-29(22)43(37,38)35-23-15-31-30(40-5)33-28(23)39-4/h6-15,35H,16H2,1-5H3. The highest BCUT2D eigenvalue weighted by atomic mass is 32.2. The second-order valence-electron chi connectivity index (χ2n) is 9.86. The van der Waals surface area contributed by atoms with Gasteiger partial charge in [-0.3, -0.25) is 14.4 Å². The number of thiophene rings is 2. The van der Waals surface area contributed by atoms with Gasteiger partial charge in [-0.25, -0.2) is 13.4 Å². The molecular formula is C30H28N6O4S3. The number of anilines is 1. The van der Waals surface area contributed by atoms with E-state index >= 15 is 0 Å². The van der Waals surface area contributed by atoms with Crippen molar-refractivity contribution in [2.75, 3.05) is 18.9 Å². The van der Waals surface area contributed by atoms with Gasteiger partial charge < -0.3 is 9.47 Å². The molecule has 43 heavy (non-hydrogen) atoms. The van der Waals surface area contributed by atoms with Gasteiger partial charge in [0.25, 0.3) is 10.0 Å². The van der Waals surface area contributed by atoms with E-state index in [1.807, 2.05) is 42.8 Å². The highest BCUT2D eigenvalue weighted by molar-refractivity contribution is 7.94. The van der Waals surface area contributed by atoms with E-state index < -0.39 is 10.0 Å². The minimum Gasteiger partial charge on any atom is -0.479 e. The summed E-state index contributed by atoms with van der Waals surface area (Å²) in [5, 5.41) is 7.84. The Morgan fingerprint density at radius 3 is 2.47 bits per heavy atom. The summed E-state index contributed by atoms with van der Waals surface area (Å²) >= 11 is 2.85. The third-order valence-electron chi connectivity index (χ3n) is 6.84. The van der Waals surface area contributed by atoms with Crippen LogP contribution in [0.4, 0.5) is 5.69 Å². The first-order valence-corrected chi connectivity index (χ1v) is 16.4. The molecule has 0 saturated heterocycles. The Hall–Kier alpha value is -4.33. The molecule has 0 fully saturated rings. The molecule has 5 aromatic heterocycles. The Labute approximate surface area is 257 Å². The highest BCUT2D eigenvalue weighted by Gasteiger charge is 2.24. The summed E-state index contributed by atoms with van der Waals surface area (Å²) in [5.74, 6) is 0.0579. The Morgan fingerprint density at radius 2 is 1.77 bits per heavy atom. The maximum absolute atomic E-state index is 13.4. The summed E-state index contributed by atoms with van der Waals surface area (Å²) in [6.45, 7) is 6.66. The van der Waals surface area contributed by atoms with Crippen LogP contribution in [-0.4, -0.2) is 47.4 Å². The lowest BCUT2D eigenvalue weighted by atomic mass is 10.1. The highest BCUT2D eigenvalue weighted by Crippen LogP contribution is 2.37. The molecule has 6 aromatic rings. The number of rotatable bonds is 9. The number of hydrogen-bond donors (Lipinski definition) is 1. The summed E-state index contributed by atoms with van der Waals surface area (Å²) < 4.78 is 41.8. The molecule has 0 aliphatic carbocycles. The van der Waals surface area contributed by atoms with E-state index in [0.29, 0.717) is 12.1 Å². The summed E-state index contributed by atoms with van der Waals surface area (Å²) in [6, 6.07) is 16.0. The van der Waals surface area contributed by atoms with Crippen LogP contribution in [0.1, 0.15) is 21.8 Å². The lowest BCUT2D eigenvalue weighted by Gasteiger charge is -2.12. The Balaban J connectivity index is 1.29. The van der Waals surface area contributed by atoms with Crippen LogP contribution in [0.5, 0.6) is 11.9 Å². The molecule has 0 aliphatic heterocycles. The van der Waals surface area contributed by atoms with Gasteiger partial charge >= 0.3 is 6.01 Å². The first kappa shape index (κ1) is 28.8. The van der Waals surface area contributed by atoms with Crippen LogP contribution in [0, 0.1) is 20.8 Å². The predicted octanol–water partition coefficient (Wildman–Crippen LogP) is 6.47. The summed E-state index contributed by atoms with van der Waals surface area (Å²) in [4.78, 5) is 15.1. The molecule has 0 atom stereocenters. The zero-order chi connectivity index (χ0) is 30.3. The van der Waals surface area contributed by atoms with Crippen molar-refractivity contribution >= 4 is 49.3 Å². The van der Waals surface area contributed by atoms with Crippen molar-refractivity contribution in [1.29, 1.82) is 0 Å². The van der Waals surface area contributed by atoms with Crippen molar-refractivity contribution < 1.29 is 17.9 Å². The number of aromatic nitrogens is 5. The summed E-state index contributed by atoms with van der Waals surface area (Å²) in [7, 11) is -1.15. The predicted molar refractivity (Wildman–Crippen MR) is 170 cm³/mol. The smallest absolute Gasteiger partial charge is 0.319 e. The average Bonchev–Trinajstić information content (AvgIpc) is 3.73. The largest absolute Gasteiger partial charge is 0.479 e. The van der Waals surface area contributed by atoms with E-state index in [1.54, 1.807) is 22.8 Å². The minimum absolute atomic E-state index is 0.0579. The topological polar surface area (TPSA) is 121 Å². The normalized spacial score (nSPS) is 11.7. The van der Waals surface area contributed by atoms with Crippen molar-refractivity contribution in [2.24, 2.45) is 0 Å². The van der Waals surface area contributed by atoms with Crippen LogP contribution in [0.3, 0.4) is 0 Å². The molecule has 220 valence electrons. The van der Waals surface area contributed by atoms with E-state index in [4.69, 9.17) is 19.6 Å². The molecule has 10 nitrogen and oxygen atoms in total. The maximum atomic E-state index is 13.4. The van der Waals surface area contributed by atoms with Gasteiger partial charge in [-0.2, -0.15) is 10.1 Å². The van der Waals surface area contributed by atoms with E-state index in [2.05, 4.69) is 39.8 Å². The number of nitrogens with zero attached hydrogens (tertiary/aromatic N) is 5. The van der Waals surface area contributed by atoms with Crippen molar-refractivity contribution in [1.82, 2.24) is 24.7 Å². The van der Waals surface area contributed by atoms with Crippen LogP contribution in [0.25, 0.3) is 32.6 Å². The second kappa shape index (κ2) is 11.4. The van der Waals surface area contributed by atoms with Gasteiger partial charge in [0, 0.05) is 21.8 Å². The second-order valence-corrected chi connectivity index (χ2v) is 13.9. The molecule has 13 heteroatoms. The third kappa shape index (κ3) is 5.58. The number of ether oxygens (including phenoxy) is 2. The van der Waals surface area contributed by atoms with Gasteiger partial charge in [0.05, 0.1) is 42.7 Å². The van der Waals surface area contributed by atoms with Crippen LogP contribution < -0.4 is 14.2 Å². The molecule has 0 unspecified atom stereocenters. The number of methoxy groups -OCH3 is 2. The van der Waals surface area contributed by atoms with Crippen LogP contribution in [0.15, 0.2) is 64.3 Å². The molecule has 0 amide bonds. The zero-order valence-electron chi connectivity index (χ0n) is 24.1. The van der Waals surface area contributed by atoms with Crippen molar-refractivity contribution in [3.8, 4) is 33.6 Å². The Morgan fingerprint density at radius 1 is 0.977 bits per heavy atom. The molecular weight excluding hydrogens is 605 g/mol. The van der Waals surface area contributed by atoms with E-state index in [0.717, 1.165) is 55.3 Å². The van der Waals surface area contributed by atoms with Crippen LogP contribution in [0.2, 0.25) is 0 Å². The molecule has 1 N–H and O–H groups in total. The number of hydrogen-bond acceptors (Lipinski definition) is 10. The maximum Gasteiger partial charge on any atom is 0.319 e. The number of benzene rings is 1. The monoisotopic (exact) mass is 632 g/mol. The molecule has 0 aliphatic rings. The van der Waals surface area contributed by atoms with E-state index in [-0.39, 0.29) is 21.8 Å². The molecule has 6 rings (SSSR count). The fourth-order valence-electron chi connectivity index (χ4n) is 4.93. The number of pyridine rings is 1. The molecule has 5 heterocycles. The molecule has 0 saturated carbocycles. The molecule has 0 radical (unpaired) electrons. The van der Waals surface area contributed by atoms with Gasteiger partial charge in [0.1, 0.15) is 15.6 Å². The van der Waals surface area contributed by atoms with E-state index in [9.17, 15) is 8.42 Å². The van der Waals surface area contributed by atoms with Crippen molar-refractivity contribution in [3.05, 3.63) is 81.9 Å². The van der Waals surface area contributed by atoms with E-state index in [1.165, 1.54) is 25.3 Å². The summed E-state index contributed by atoms with van der Waals surface area (Å²) in [6.07, 6.45) is 1.31. The first-order valence-electron chi connectivity index (χ1n) is 13.2.